The molecule has 0 aliphatic rings. The first-order valence-electron chi connectivity index (χ1n) is 7.07. The normalized spacial score (nSPS) is 11.4. The molecule has 1 heterocycles. The van der Waals surface area contributed by atoms with Crippen LogP contribution < -0.4 is 10.2 Å². The molecular formula is C15H16ClF3N4. The number of aromatic nitrogens is 2. The predicted octanol–water partition coefficient (Wildman–Crippen LogP) is 4.74. The number of hydrogen-bond acceptors (Lipinski definition) is 4. The van der Waals surface area contributed by atoms with E-state index >= 15 is 0 Å². The zero-order chi connectivity index (χ0) is 17.0. The van der Waals surface area contributed by atoms with Crippen molar-refractivity contribution in [3.8, 4) is 0 Å². The van der Waals surface area contributed by atoms with E-state index in [0.29, 0.717) is 11.8 Å². The molecule has 0 saturated heterocycles. The Balaban J connectivity index is 2.28. The van der Waals surface area contributed by atoms with Crippen molar-refractivity contribution in [1.82, 2.24) is 9.97 Å². The van der Waals surface area contributed by atoms with Crippen molar-refractivity contribution < 1.29 is 13.2 Å². The Morgan fingerprint density at radius 2 is 1.87 bits per heavy atom. The minimum Gasteiger partial charge on any atom is -0.341 e. The standard InChI is InChI=1S/C15H16ClF3N4/c1-3-23(4-2)14-20-8-7-13(22-14)21-10-5-6-12(16)11(9-10)15(17,18)19/h5-9H,3-4H2,1-2H3,(H,20,21,22). The second-order valence-corrected chi connectivity index (χ2v) is 5.14. The number of rotatable bonds is 5. The van der Waals surface area contributed by atoms with Crippen molar-refractivity contribution in [3.63, 3.8) is 0 Å². The molecule has 1 aromatic carbocycles. The highest BCUT2D eigenvalue weighted by atomic mass is 35.5. The monoisotopic (exact) mass is 344 g/mol. The van der Waals surface area contributed by atoms with Gasteiger partial charge in [-0.3, -0.25) is 0 Å². The SMILES string of the molecule is CCN(CC)c1nccc(Nc2ccc(Cl)c(C(F)(F)F)c2)n1. The van der Waals surface area contributed by atoms with Gasteiger partial charge in [-0.1, -0.05) is 11.6 Å². The molecule has 1 N–H and O–H groups in total. The topological polar surface area (TPSA) is 41.1 Å². The van der Waals surface area contributed by atoms with Gasteiger partial charge < -0.3 is 10.2 Å². The number of alkyl halides is 3. The molecule has 8 heteroatoms. The summed E-state index contributed by atoms with van der Waals surface area (Å²) in [6.07, 6.45) is -2.95. The highest BCUT2D eigenvalue weighted by Crippen LogP contribution is 2.36. The molecular weight excluding hydrogens is 329 g/mol. The summed E-state index contributed by atoms with van der Waals surface area (Å²) in [4.78, 5) is 10.4. The summed E-state index contributed by atoms with van der Waals surface area (Å²) in [6.45, 7) is 5.42. The van der Waals surface area contributed by atoms with E-state index in [4.69, 9.17) is 11.6 Å². The Bertz CT molecular complexity index is 672. The van der Waals surface area contributed by atoms with E-state index in [1.165, 1.54) is 12.1 Å². The highest BCUT2D eigenvalue weighted by Gasteiger charge is 2.33. The minimum absolute atomic E-state index is 0.255. The molecule has 0 aliphatic carbocycles. The summed E-state index contributed by atoms with van der Waals surface area (Å²) in [6, 6.07) is 5.23. The van der Waals surface area contributed by atoms with Crippen LogP contribution >= 0.6 is 11.6 Å². The number of anilines is 3. The predicted molar refractivity (Wildman–Crippen MR) is 85.3 cm³/mol. The van der Waals surface area contributed by atoms with Crippen molar-refractivity contribution in [2.75, 3.05) is 23.3 Å². The van der Waals surface area contributed by atoms with Gasteiger partial charge in [-0.15, -0.1) is 0 Å². The van der Waals surface area contributed by atoms with Gasteiger partial charge in [0.1, 0.15) is 5.82 Å². The molecule has 0 unspecified atom stereocenters. The summed E-state index contributed by atoms with van der Waals surface area (Å²) >= 11 is 5.61. The van der Waals surface area contributed by atoms with Crippen LogP contribution in [0.1, 0.15) is 19.4 Å². The van der Waals surface area contributed by atoms with E-state index in [9.17, 15) is 13.2 Å². The van der Waals surface area contributed by atoms with Gasteiger partial charge in [-0.2, -0.15) is 18.2 Å². The molecule has 0 atom stereocenters. The van der Waals surface area contributed by atoms with Crippen LogP contribution in [0.4, 0.5) is 30.6 Å². The van der Waals surface area contributed by atoms with Gasteiger partial charge in [-0.05, 0) is 38.1 Å². The second-order valence-electron chi connectivity index (χ2n) is 4.73. The summed E-state index contributed by atoms with van der Waals surface area (Å²) in [5.74, 6) is 0.933. The lowest BCUT2D eigenvalue weighted by Gasteiger charge is -2.19. The van der Waals surface area contributed by atoms with Crippen LogP contribution in [-0.2, 0) is 6.18 Å². The zero-order valence-electron chi connectivity index (χ0n) is 12.7. The van der Waals surface area contributed by atoms with Gasteiger partial charge in [-0.25, -0.2) is 4.98 Å². The smallest absolute Gasteiger partial charge is 0.341 e. The lowest BCUT2D eigenvalue weighted by atomic mass is 10.2. The largest absolute Gasteiger partial charge is 0.417 e. The average molecular weight is 345 g/mol. The molecule has 0 aliphatic heterocycles. The van der Waals surface area contributed by atoms with E-state index in [2.05, 4.69) is 15.3 Å². The summed E-state index contributed by atoms with van der Waals surface area (Å²) in [5, 5.41) is 2.51. The Morgan fingerprint density at radius 3 is 2.48 bits per heavy atom. The maximum absolute atomic E-state index is 12.9. The van der Waals surface area contributed by atoms with Gasteiger partial charge in [0.15, 0.2) is 0 Å². The summed E-state index contributed by atoms with van der Waals surface area (Å²) in [7, 11) is 0. The lowest BCUT2D eigenvalue weighted by molar-refractivity contribution is -0.137. The van der Waals surface area contributed by atoms with Gasteiger partial charge in [0, 0.05) is 25.0 Å². The Hall–Kier alpha value is -2.02. The summed E-state index contributed by atoms with van der Waals surface area (Å²) in [5.41, 5.74) is -0.631. The fourth-order valence-corrected chi connectivity index (χ4v) is 2.27. The maximum atomic E-state index is 12.9. The number of halogens is 4. The number of nitrogens with zero attached hydrogens (tertiary/aromatic N) is 3. The van der Waals surface area contributed by atoms with Crippen LogP contribution in [0.25, 0.3) is 0 Å². The fraction of sp³-hybridized carbons (Fsp3) is 0.333. The van der Waals surface area contributed by atoms with Crippen molar-refractivity contribution in [2.45, 2.75) is 20.0 Å². The zero-order valence-corrected chi connectivity index (χ0v) is 13.4. The van der Waals surface area contributed by atoms with Gasteiger partial charge >= 0.3 is 6.18 Å². The molecule has 0 spiro atoms. The third-order valence-electron chi connectivity index (χ3n) is 3.23. The number of benzene rings is 1. The van der Waals surface area contributed by atoms with E-state index < -0.39 is 11.7 Å². The lowest BCUT2D eigenvalue weighted by Crippen LogP contribution is -2.24. The maximum Gasteiger partial charge on any atom is 0.417 e. The van der Waals surface area contributed by atoms with Crippen LogP contribution in [0.2, 0.25) is 5.02 Å². The van der Waals surface area contributed by atoms with E-state index in [1.807, 2.05) is 18.7 Å². The van der Waals surface area contributed by atoms with Gasteiger partial charge in [0.25, 0.3) is 0 Å². The first kappa shape index (κ1) is 17.3. The van der Waals surface area contributed by atoms with Gasteiger partial charge in [0.05, 0.1) is 10.6 Å². The molecule has 0 radical (unpaired) electrons. The third-order valence-corrected chi connectivity index (χ3v) is 3.56. The Kier molecular flexibility index (Phi) is 5.30. The van der Waals surface area contributed by atoms with Crippen LogP contribution in [0.5, 0.6) is 0 Å². The second kappa shape index (κ2) is 7.04. The van der Waals surface area contributed by atoms with Crippen LogP contribution in [0.15, 0.2) is 30.5 Å². The van der Waals surface area contributed by atoms with Crippen LogP contribution in [0.3, 0.4) is 0 Å². The third kappa shape index (κ3) is 4.25. The van der Waals surface area contributed by atoms with Crippen LogP contribution in [-0.4, -0.2) is 23.1 Å². The van der Waals surface area contributed by atoms with Crippen LogP contribution in [0, 0.1) is 0 Å². The average Bonchev–Trinajstić information content (AvgIpc) is 2.50. The summed E-state index contributed by atoms with van der Waals surface area (Å²) < 4.78 is 38.7. The highest BCUT2D eigenvalue weighted by molar-refractivity contribution is 6.31. The number of nitrogens with one attached hydrogen (secondary N) is 1. The molecule has 0 amide bonds. The van der Waals surface area contributed by atoms with E-state index in [0.717, 1.165) is 19.2 Å². The van der Waals surface area contributed by atoms with Crippen molar-refractivity contribution in [2.24, 2.45) is 0 Å². The molecule has 124 valence electrons. The number of hydrogen-bond donors (Lipinski definition) is 1. The van der Waals surface area contributed by atoms with Crippen molar-refractivity contribution >= 4 is 29.1 Å². The molecule has 0 fully saturated rings. The first-order valence-corrected chi connectivity index (χ1v) is 7.44. The molecule has 0 saturated carbocycles. The Labute approximate surface area is 137 Å². The van der Waals surface area contributed by atoms with E-state index in [-0.39, 0.29) is 10.7 Å². The van der Waals surface area contributed by atoms with Crippen molar-refractivity contribution in [1.29, 1.82) is 0 Å². The Morgan fingerprint density at radius 1 is 1.17 bits per heavy atom. The first-order chi connectivity index (χ1) is 10.8. The fourth-order valence-electron chi connectivity index (χ4n) is 2.04. The quantitative estimate of drug-likeness (QED) is 0.850. The molecule has 1 aromatic heterocycles. The molecule has 4 nitrogen and oxygen atoms in total. The molecule has 23 heavy (non-hydrogen) atoms. The molecule has 2 rings (SSSR count). The molecule has 2 aromatic rings. The van der Waals surface area contributed by atoms with E-state index in [1.54, 1.807) is 12.3 Å². The minimum atomic E-state index is -4.51. The molecule has 0 bridgehead atoms. The van der Waals surface area contributed by atoms with Gasteiger partial charge in [0.2, 0.25) is 5.95 Å². The van der Waals surface area contributed by atoms with Crippen molar-refractivity contribution in [3.05, 3.63) is 41.0 Å².